The lowest BCUT2D eigenvalue weighted by Gasteiger charge is -2.38. The average molecular weight is 245 g/mol. The van der Waals surface area contributed by atoms with Crippen LogP contribution in [-0.4, -0.2) is 36.6 Å². The van der Waals surface area contributed by atoms with E-state index in [2.05, 4.69) is 10.2 Å². The second-order valence-corrected chi connectivity index (χ2v) is 5.71. The molecule has 3 fully saturated rings. The van der Waals surface area contributed by atoms with Crippen LogP contribution in [0.4, 0.5) is 0 Å². The van der Waals surface area contributed by atoms with Gasteiger partial charge in [0.15, 0.2) is 0 Å². The molecule has 2 bridgehead atoms. The molecule has 2 nitrogen and oxygen atoms in total. The molecule has 16 heavy (non-hydrogen) atoms. The summed E-state index contributed by atoms with van der Waals surface area (Å²) in [5.41, 5.74) is 0. The lowest BCUT2D eigenvalue weighted by atomic mass is 9.94. The lowest BCUT2D eigenvalue weighted by Crippen LogP contribution is -2.44. The summed E-state index contributed by atoms with van der Waals surface area (Å²) in [6.45, 7) is 3.93. The van der Waals surface area contributed by atoms with Gasteiger partial charge in [0.25, 0.3) is 0 Å². The third kappa shape index (κ3) is 2.55. The largest absolute Gasteiger partial charge is 0.317 e. The van der Waals surface area contributed by atoms with Crippen LogP contribution in [0.2, 0.25) is 0 Å². The highest BCUT2D eigenvalue weighted by atomic mass is 35.5. The Morgan fingerprint density at radius 3 is 2.12 bits per heavy atom. The van der Waals surface area contributed by atoms with Gasteiger partial charge in [-0.15, -0.1) is 12.4 Å². The Hall–Kier alpha value is 0.210. The van der Waals surface area contributed by atoms with Crippen LogP contribution in [0, 0.1) is 5.92 Å². The van der Waals surface area contributed by atoms with Crippen molar-refractivity contribution in [2.45, 2.75) is 57.0 Å². The van der Waals surface area contributed by atoms with E-state index < -0.39 is 0 Å². The molecule has 2 unspecified atom stereocenters. The minimum Gasteiger partial charge on any atom is -0.317 e. The van der Waals surface area contributed by atoms with Crippen molar-refractivity contribution in [3.63, 3.8) is 0 Å². The molecule has 3 aliphatic heterocycles. The molecule has 0 aliphatic carbocycles. The number of fused-ring (bicyclic) bond motifs is 2. The highest BCUT2D eigenvalue weighted by Crippen LogP contribution is 2.36. The Labute approximate surface area is 106 Å². The molecule has 0 radical (unpaired) electrons. The first kappa shape index (κ1) is 12.7. The third-order valence-corrected chi connectivity index (χ3v) is 4.77. The summed E-state index contributed by atoms with van der Waals surface area (Å²) in [6.07, 6.45) is 10.3. The Bertz CT molecular complexity index is 200. The zero-order valence-electron chi connectivity index (χ0n) is 10.2. The number of hydrogen-bond acceptors (Lipinski definition) is 2. The Balaban J connectivity index is 0.000000963. The average Bonchev–Trinajstić information content (AvgIpc) is 2.53. The molecule has 3 saturated heterocycles. The topological polar surface area (TPSA) is 15.3 Å². The van der Waals surface area contributed by atoms with Crippen molar-refractivity contribution >= 4 is 12.4 Å². The molecule has 3 rings (SSSR count). The van der Waals surface area contributed by atoms with Crippen LogP contribution < -0.4 is 5.32 Å². The smallest absolute Gasteiger partial charge is 0.00988 e. The van der Waals surface area contributed by atoms with E-state index in [9.17, 15) is 0 Å². The van der Waals surface area contributed by atoms with E-state index in [4.69, 9.17) is 0 Å². The third-order valence-electron chi connectivity index (χ3n) is 4.77. The molecule has 0 aromatic heterocycles. The van der Waals surface area contributed by atoms with Gasteiger partial charge in [-0.05, 0) is 57.5 Å². The monoisotopic (exact) mass is 244 g/mol. The van der Waals surface area contributed by atoms with Crippen LogP contribution in [0.3, 0.4) is 0 Å². The summed E-state index contributed by atoms with van der Waals surface area (Å²) in [5, 5.41) is 3.47. The number of nitrogens with one attached hydrogen (secondary N) is 1. The second kappa shape index (κ2) is 5.70. The maximum atomic E-state index is 3.47. The second-order valence-electron chi connectivity index (χ2n) is 5.71. The zero-order valence-corrected chi connectivity index (χ0v) is 11.0. The summed E-state index contributed by atoms with van der Waals surface area (Å²) < 4.78 is 0. The molecule has 0 amide bonds. The van der Waals surface area contributed by atoms with E-state index >= 15 is 0 Å². The molecule has 0 aromatic carbocycles. The summed E-state index contributed by atoms with van der Waals surface area (Å²) in [4.78, 5) is 2.87. The summed E-state index contributed by atoms with van der Waals surface area (Å²) in [5.74, 6) is 0.993. The van der Waals surface area contributed by atoms with Gasteiger partial charge in [0, 0.05) is 18.6 Å². The minimum atomic E-state index is 0. The molecule has 3 aliphatic rings. The molecule has 3 heterocycles. The molecule has 1 N–H and O–H groups in total. The molecule has 0 aromatic rings. The van der Waals surface area contributed by atoms with Crippen LogP contribution in [0.25, 0.3) is 0 Å². The number of hydrogen-bond donors (Lipinski definition) is 1. The predicted octanol–water partition coefficient (Wildman–Crippen LogP) is 2.42. The van der Waals surface area contributed by atoms with Gasteiger partial charge in [-0.1, -0.05) is 6.42 Å². The van der Waals surface area contributed by atoms with Crippen LogP contribution >= 0.6 is 12.4 Å². The van der Waals surface area contributed by atoms with Crippen LogP contribution in [-0.2, 0) is 0 Å². The van der Waals surface area contributed by atoms with Crippen molar-refractivity contribution < 1.29 is 0 Å². The van der Waals surface area contributed by atoms with Gasteiger partial charge in [-0.25, -0.2) is 0 Å². The molecule has 0 saturated carbocycles. The number of nitrogens with zero attached hydrogens (tertiary/aromatic N) is 1. The SMILES string of the molecule is C1CC2CCC(C1)N2CC1CCNCC1.Cl. The quantitative estimate of drug-likeness (QED) is 0.803. The Morgan fingerprint density at radius 2 is 1.50 bits per heavy atom. The van der Waals surface area contributed by atoms with Gasteiger partial charge in [0.05, 0.1) is 0 Å². The van der Waals surface area contributed by atoms with Crippen LogP contribution in [0.5, 0.6) is 0 Å². The van der Waals surface area contributed by atoms with E-state index in [0.29, 0.717) is 0 Å². The van der Waals surface area contributed by atoms with Crippen LogP contribution in [0.1, 0.15) is 44.9 Å². The fourth-order valence-electron chi connectivity index (χ4n) is 3.88. The molecule has 94 valence electrons. The molecule has 2 atom stereocenters. The maximum Gasteiger partial charge on any atom is 0.00988 e. The van der Waals surface area contributed by atoms with E-state index in [1.54, 1.807) is 0 Å². The first-order valence-corrected chi connectivity index (χ1v) is 6.90. The minimum absolute atomic E-state index is 0. The first-order valence-electron chi connectivity index (χ1n) is 6.90. The van der Waals surface area contributed by atoms with E-state index in [0.717, 1.165) is 18.0 Å². The Kier molecular flexibility index (Phi) is 4.51. The van der Waals surface area contributed by atoms with Gasteiger partial charge in [0.1, 0.15) is 0 Å². The molecule has 3 heteroatoms. The van der Waals surface area contributed by atoms with Crippen molar-refractivity contribution in [3.8, 4) is 0 Å². The normalized spacial score (nSPS) is 36.0. The maximum absolute atomic E-state index is 3.47. The summed E-state index contributed by atoms with van der Waals surface area (Å²) in [7, 11) is 0. The molecular weight excluding hydrogens is 220 g/mol. The van der Waals surface area contributed by atoms with Gasteiger partial charge < -0.3 is 5.32 Å². The van der Waals surface area contributed by atoms with Gasteiger partial charge in [-0.3, -0.25) is 4.90 Å². The number of piperidine rings is 2. The van der Waals surface area contributed by atoms with Crippen molar-refractivity contribution in [1.82, 2.24) is 10.2 Å². The van der Waals surface area contributed by atoms with Gasteiger partial charge in [-0.2, -0.15) is 0 Å². The van der Waals surface area contributed by atoms with Crippen molar-refractivity contribution in [3.05, 3.63) is 0 Å². The number of rotatable bonds is 2. The highest BCUT2D eigenvalue weighted by Gasteiger charge is 2.37. The predicted molar refractivity (Wildman–Crippen MR) is 70.2 cm³/mol. The van der Waals surface area contributed by atoms with Crippen molar-refractivity contribution in [2.24, 2.45) is 5.92 Å². The molecule has 0 spiro atoms. The standard InChI is InChI=1S/C13H24N2.ClH/c1-2-12-4-5-13(3-1)15(12)10-11-6-8-14-9-7-11;/h11-14H,1-10H2;1H. The number of halogens is 1. The first-order chi connectivity index (χ1) is 7.43. The van der Waals surface area contributed by atoms with E-state index in [1.165, 1.54) is 64.6 Å². The highest BCUT2D eigenvalue weighted by molar-refractivity contribution is 5.85. The summed E-state index contributed by atoms with van der Waals surface area (Å²) >= 11 is 0. The fraction of sp³-hybridized carbons (Fsp3) is 1.00. The summed E-state index contributed by atoms with van der Waals surface area (Å²) in [6, 6.07) is 1.94. The van der Waals surface area contributed by atoms with Crippen LogP contribution in [0.15, 0.2) is 0 Å². The van der Waals surface area contributed by atoms with Gasteiger partial charge >= 0.3 is 0 Å². The van der Waals surface area contributed by atoms with Crippen molar-refractivity contribution in [2.75, 3.05) is 19.6 Å². The fourth-order valence-corrected chi connectivity index (χ4v) is 3.88. The molecular formula is C13H25ClN2. The zero-order chi connectivity index (χ0) is 10.1. The lowest BCUT2D eigenvalue weighted by molar-refractivity contribution is 0.108. The van der Waals surface area contributed by atoms with E-state index in [-0.39, 0.29) is 12.4 Å². The van der Waals surface area contributed by atoms with E-state index in [1.807, 2.05) is 0 Å². The van der Waals surface area contributed by atoms with Crippen molar-refractivity contribution in [1.29, 1.82) is 0 Å². The van der Waals surface area contributed by atoms with Gasteiger partial charge in [0.2, 0.25) is 0 Å². The Morgan fingerprint density at radius 1 is 0.875 bits per heavy atom.